The standard InChI is InChI=1S/C13H16N4O/c1-3-12(18-10-1)11-16-6-8-17(9-7-16)13-14-4-2-5-15-13/h1-5,10H,6-9,11H2/p+1. The summed E-state index contributed by atoms with van der Waals surface area (Å²) in [6.07, 6.45) is 5.33. The van der Waals surface area contributed by atoms with Crippen LogP contribution in [0.25, 0.3) is 0 Å². The molecule has 0 aliphatic carbocycles. The van der Waals surface area contributed by atoms with E-state index in [1.165, 1.54) is 0 Å². The van der Waals surface area contributed by atoms with Crippen molar-refractivity contribution in [2.24, 2.45) is 0 Å². The number of furan rings is 1. The van der Waals surface area contributed by atoms with Crippen molar-refractivity contribution in [3.63, 3.8) is 0 Å². The number of nitrogens with zero attached hydrogens (tertiary/aromatic N) is 3. The molecule has 18 heavy (non-hydrogen) atoms. The minimum Gasteiger partial charge on any atom is -0.463 e. The van der Waals surface area contributed by atoms with Crippen LogP contribution in [-0.2, 0) is 6.54 Å². The normalized spacial score (nSPS) is 17.0. The Labute approximate surface area is 106 Å². The minimum absolute atomic E-state index is 0.842. The lowest BCUT2D eigenvalue weighted by Gasteiger charge is -2.31. The van der Waals surface area contributed by atoms with E-state index in [9.17, 15) is 0 Å². The molecule has 1 aliphatic heterocycles. The van der Waals surface area contributed by atoms with Crippen LogP contribution in [0.4, 0.5) is 5.95 Å². The molecule has 5 heteroatoms. The smallest absolute Gasteiger partial charge is 0.225 e. The van der Waals surface area contributed by atoms with Crippen molar-refractivity contribution >= 4 is 5.95 Å². The van der Waals surface area contributed by atoms with Crippen molar-refractivity contribution < 1.29 is 9.32 Å². The molecule has 2 aromatic heterocycles. The first kappa shape index (κ1) is 11.2. The SMILES string of the molecule is c1cnc(N2CC[NH+](Cc3ccco3)CC2)nc1. The molecule has 0 saturated carbocycles. The van der Waals surface area contributed by atoms with Crippen LogP contribution in [0.3, 0.4) is 0 Å². The van der Waals surface area contributed by atoms with Crippen molar-refractivity contribution in [2.45, 2.75) is 6.54 Å². The van der Waals surface area contributed by atoms with Gasteiger partial charge in [-0.15, -0.1) is 0 Å². The van der Waals surface area contributed by atoms with Gasteiger partial charge in [0.05, 0.1) is 32.4 Å². The molecule has 5 nitrogen and oxygen atoms in total. The van der Waals surface area contributed by atoms with E-state index in [-0.39, 0.29) is 0 Å². The van der Waals surface area contributed by atoms with Gasteiger partial charge in [0.25, 0.3) is 0 Å². The molecule has 3 heterocycles. The fraction of sp³-hybridized carbons (Fsp3) is 0.385. The molecule has 1 fully saturated rings. The molecule has 1 N–H and O–H groups in total. The van der Waals surface area contributed by atoms with E-state index in [0.29, 0.717) is 0 Å². The number of anilines is 1. The second-order valence-electron chi connectivity index (χ2n) is 4.54. The average molecular weight is 245 g/mol. The summed E-state index contributed by atoms with van der Waals surface area (Å²) in [5.74, 6) is 1.91. The summed E-state index contributed by atoms with van der Waals surface area (Å²) in [4.78, 5) is 12.4. The molecule has 0 bridgehead atoms. The van der Waals surface area contributed by atoms with Crippen LogP contribution >= 0.6 is 0 Å². The van der Waals surface area contributed by atoms with Crippen LogP contribution in [0.2, 0.25) is 0 Å². The number of hydrogen-bond acceptors (Lipinski definition) is 4. The molecular weight excluding hydrogens is 228 g/mol. The zero-order valence-electron chi connectivity index (χ0n) is 10.2. The highest BCUT2D eigenvalue weighted by molar-refractivity contribution is 5.28. The van der Waals surface area contributed by atoms with Gasteiger partial charge in [-0.3, -0.25) is 0 Å². The summed E-state index contributed by atoms with van der Waals surface area (Å²) in [5, 5.41) is 0. The Morgan fingerprint density at radius 3 is 2.61 bits per heavy atom. The number of piperazine rings is 1. The second kappa shape index (κ2) is 5.18. The zero-order chi connectivity index (χ0) is 12.2. The van der Waals surface area contributed by atoms with Crippen molar-refractivity contribution in [3.8, 4) is 0 Å². The van der Waals surface area contributed by atoms with Gasteiger partial charge in [-0.25, -0.2) is 9.97 Å². The molecule has 0 unspecified atom stereocenters. The van der Waals surface area contributed by atoms with Gasteiger partial charge in [0, 0.05) is 12.4 Å². The first-order valence-electron chi connectivity index (χ1n) is 6.30. The topological polar surface area (TPSA) is 46.6 Å². The Bertz CT molecular complexity index is 463. The number of nitrogens with one attached hydrogen (secondary N) is 1. The van der Waals surface area contributed by atoms with Crippen LogP contribution in [-0.4, -0.2) is 36.1 Å². The number of quaternary nitrogens is 1. The molecule has 0 atom stereocenters. The molecule has 0 aromatic carbocycles. The predicted octanol–water partition coefficient (Wildman–Crippen LogP) is -0.0253. The van der Waals surface area contributed by atoms with Gasteiger partial charge in [0.2, 0.25) is 5.95 Å². The molecule has 0 spiro atoms. The van der Waals surface area contributed by atoms with Crippen LogP contribution in [0.15, 0.2) is 41.3 Å². The Morgan fingerprint density at radius 2 is 1.94 bits per heavy atom. The van der Waals surface area contributed by atoms with E-state index in [1.54, 1.807) is 23.6 Å². The van der Waals surface area contributed by atoms with Crippen molar-refractivity contribution in [1.29, 1.82) is 0 Å². The maximum absolute atomic E-state index is 5.39. The van der Waals surface area contributed by atoms with E-state index >= 15 is 0 Å². The lowest BCUT2D eigenvalue weighted by atomic mass is 10.3. The third-order valence-electron chi connectivity index (χ3n) is 3.31. The average Bonchev–Trinajstić information content (AvgIpc) is 2.94. The Hall–Kier alpha value is -1.88. The van der Waals surface area contributed by atoms with E-state index < -0.39 is 0 Å². The molecule has 0 radical (unpaired) electrons. The molecule has 1 aliphatic rings. The largest absolute Gasteiger partial charge is 0.463 e. The molecule has 2 aromatic rings. The van der Waals surface area contributed by atoms with Crippen LogP contribution in [0, 0.1) is 0 Å². The Balaban J connectivity index is 1.55. The fourth-order valence-corrected chi connectivity index (χ4v) is 2.31. The summed E-state index contributed by atoms with van der Waals surface area (Å²) in [6, 6.07) is 5.84. The highest BCUT2D eigenvalue weighted by atomic mass is 16.3. The van der Waals surface area contributed by atoms with Gasteiger partial charge >= 0.3 is 0 Å². The predicted molar refractivity (Wildman–Crippen MR) is 67.4 cm³/mol. The van der Waals surface area contributed by atoms with Gasteiger partial charge in [0.15, 0.2) is 5.76 Å². The first-order valence-corrected chi connectivity index (χ1v) is 6.30. The van der Waals surface area contributed by atoms with Crippen LogP contribution < -0.4 is 9.80 Å². The lowest BCUT2D eigenvalue weighted by Crippen LogP contribution is -3.13. The Morgan fingerprint density at radius 1 is 1.17 bits per heavy atom. The third-order valence-corrected chi connectivity index (χ3v) is 3.31. The monoisotopic (exact) mass is 245 g/mol. The van der Waals surface area contributed by atoms with Crippen LogP contribution in [0.5, 0.6) is 0 Å². The van der Waals surface area contributed by atoms with Gasteiger partial charge in [-0.05, 0) is 18.2 Å². The number of rotatable bonds is 3. The lowest BCUT2D eigenvalue weighted by molar-refractivity contribution is -0.915. The van der Waals surface area contributed by atoms with E-state index in [4.69, 9.17) is 4.42 Å². The fourth-order valence-electron chi connectivity index (χ4n) is 2.31. The third kappa shape index (κ3) is 2.51. The molecule has 94 valence electrons. The summed E-state index contributed by atoms with van der Waals surface area (Å²) in [6.45, 7) is 5.16. The summed E-state index contributed by atoms with van der Waals surface area (Å²) in [7, 11) is 0. The van der Waals surface area contributed by atoms with Crippen LogP contribution in [0.1, 0.15) is 5.76 Å². The maximum Gasteiger partial charge on any atom is 0.225 e. The van der Waals surface area contributed by atoms with Crippen molar-refractivity contribution in [2.75, 3.05) is 31.1 Å². The minimum atomic E-state index is 0.842. The number of aromatic nitrogens is 2. The van der Waals surface area contributed by atoms with Gasteiger partial charge < -0.3 is 14.2 Å². The molecular formula is C13H17N4O+. The van der Waals surface area contributed by atoms with E-state index in [1.807, 2.05) is 18.2 Å². The molecule has 1 saturated heterocycles. The maximum atomic E-state index is 5.39. The molecule has 0 amide bonds. The Kier molecular flexibility index (Phi) is 3.23. The second-order valence-corrected chi connectivity index (χ2v) is 4.54. The van der Waals surface area contributed by atoms with Crippen molar-refractivity contribution in [1.82, 2.24) is 9.97 Å². The highest BCUT2D eigenvalue weighted by Crippen LogP contribution is 2.04. The highest BCUT2D eigenvalue weighted by Gasteiger charge is 2.22. The summed E-state index contributed by atoms with van der Waals surface area (Å²) in [5.41, 5.74) is 0. The number of hydrogen-bond donors (Lipinski definition) is 1. The quantitative estimate of drug-likeness (QED) is 0.825. The van der Waals surface area contributed by atoms with Gasteiger partial charge in [-0.2, -0.15) is 0 Å². The van der Waals surface area contributed by atoms with Crippen molar-refractivity contribution in [3.05, 3.63) is 42.6 Å². The first-order chi connectivity index (χ1) is 8.92. The van der Waals surface area contributed by atoms with E-state index in [2.05, 4.69) is 14.9 Å². The summed E-state index contributed by atoms with van der Waals surface area (Å²) >= 11 is 0. The van der Waals surface area contributed by atoms with E-state index in [0.717, 1.165) is 44.4 Å². The summed E-state index contributed by atoms with van der Waals surface area (Å²) < 4.78 is 5.39. The zero-order valence-corrected chi connectivity index (χ0v) is 10.2. The van der Waals surface area contributed by atoms with Gasteiger partial charge in [0.1, 0.15) is 6.54 Å². The van der Waals surface area contributed by atoms with Gasteiger partial charge in [-0.1, -0.05) is 0 Å². The molecule has 3 rings (SSSR count).